The van der Waals surface area contributed by atoms with Crippen molar-refractivity contribution in [3.63, 3.8) is 0 Å². The Labute approximate surface area is 204 Å². The normalized spacial score (nSPS) is 11.7. The summed E-state index contributed by atoms with van der Waals surface area (Å²) in [5, 5.41) is 13.2. The van der Waals surface area contributed by atoms with E-state index in [1.165, 1.54) is 0 Å². The van der Waals surface area contributed by atoms with Gasteiger partial charge in [0.05, 0.1) is 13.2 Å². The molecule has 0 saturated carbocycles. The number of aliphatic hydroxyl groups is 1. The minimum absolute atomic E-state index is 0.179. The molecule has 0 radical (unpaired) electrons. The van der Waals surface area contributed by atoms with E-state index in [0.717, 1.165) is 13.0 Å². The average Bonchev–Trinajstić information content (AvgIpc) is 3.21. The first-order chi connectivity index (χ1) is 17.0. The lowest BCUT2D eigenvalue weighted by molar-refractivity contribution is 0.103. The van der Waals surface area contributed by atoms with Crippen molar-refractivity contribution in [1.82, 2.24) is 15.3 Å². The minimum Gasteiger partial charge on any atom is -0.493 e. The molecule has 0 aliphatic heterocycles. The van der Waals surface area contributed by atoms with Crippen molar-refractivity contribution in [2.24, 2.45) is 0 Å². The highest BCUT2D eigenvalue weighted by molar-refractivity contribution is 6.08. The fourth-order valence-electron chi connectivity index (χ4n) is 3.36. The number of benzene rings is 2. The van der Waals surface area contributed by atoms with Crippen LogP contribution in [0.15, 0.2) is 53.3 Å². The third kappa shape index (κ3) is 8.01. The Morgan fingerprint density at radius 3 is 2.34 bits per heavy atom. The molecule has 35 heavy (non-hydrogen) atoms. The van der Waals surface area contributed by atoms with Crippen LogP contribution in [0.1, 0.15) is 41.5 Å². The fourth-order valence-corrected chi connectivity index (χ4v) is 3.36. The quantitative estimate of drug-likeness (QED) is 0.193. The molecule has 1 heterocycles. The lowest BCUT2D eigenvalue weighted by Crippen LogP contribution is -2.31. The molecule has 0 aliphatic carbocycles. The van der Waals surface area contributed by atoms with Gasteiger partial charge in [-0.1, -0.05) is 19.1 Å². The van der Waals surface area contributed by atoms with E-state index < -0.39 is 11.8 Å². The summed E-state index contributed by atoms with van der Waals surface area (Å²) in [5.41, 5.74) is 0.821. The maximum atomic E-state index is 12.5. The van der Waals surface area contributed by atoms with Crippen LogP contribution in [-0.2, 0) is 0 Å². The van der Waals surface area contributed by atoms with Crippen LogP contribution >= 0.6 is 0 Å². The number of hydrogen-bond acceptors (Lipinski definition) is 7. The van der Waals surface area contributed by atoms with Crippen LogP contribution in [-0.4, -0.2) is 59.9 Å². The molecule has 0 spiro atoms. The van der Waals surface area contributed by atoms with Gasteiger partial charge in [0.1, 0.15) is 24.2 Å². The number of aromatic amines is 2. The van der Waals surface area contributed by atoms with E-state index >= 15 is 0 Å². The van der Waals surface area contributed by atoms with Crippen LogP contribution in [0.3, 0.4) is 0 Å². The second-order valence-electron chi connectivity index (χ2n) is 8.10. The summed E-state index contributed by atoms with van der Waals surface area (Å²) in [6.45, 7) is 6.12. The SMILES string of the molecule is CCCNCC(O)COc1ccccc1OCCCOc1ccc(C(=O)c2[nH]c(=O)[nH]c2C)cc1. The monoisotopic (exact) mass is 483 g/mol. The van der Waals surface area contributed by atoms with Gasteiger partial charge in [0.2, 0.25) is 5.78 Å². The number of H-pyrrole nitrogens is 2. The number of hydrogen-bond donors (Lipinski definition) is 4. The number of para-hydroxylation sites is 2. The highest BCUT2D eigenvalue weighted by Gasteiger charge is 2.15. The van der Waals surface area contributed by atoms with Crippen molar-refractivity contribution >= 4 is 5.78 Å². The molecular formula is C26H33N3O6. The van der Waals surface area contributed by atoms with Gasteiger partial charge in [-0.25, -0.2) is 4.79 Å². The Morgan fingerprint density at radius 2 is 1.69 bits per heavy atom. The maximum absolute atomic E-state index is 12.5. The highest BCUT2D eigenvalue weighted by atomic mass is 16.5. The predicted molar refractivity (Wildman–Crippen MR) is 133 cm³/mol. The standard InChI is InChI=1S/C26H33N3O6/c1-3-13-27-16-20(30)17-35-23-8-5-4-7-22(23)34-15-6-14-33-21-11-9-19(10-12-21)25(31)24-18(2)28-26(32)29-24/h4-5,7-12,20,27,30H,3,6,13-17H2,1-2H3,(H2,28,29,32). The summed E-state index contributed by atoms with van der Waals surface area (Å²) in [7, 11) is 0. The Hall–Kier alpha value is -3.56. The van der Waals surface area contributed by atoms with Gasteiger partial charge in [0, 0.05) is 24.2 Å². The molecule has 0 saturated heterocycles. The van der Waals surface area contributed by atoms with Crippen LogP contribution in [0.25, 0.3) is 0 Å². The van der Waals surface area contributed by atoms with E-state index in [1.807, 2.05) is 24.3 Å². The Balaban J connectivity index is 1.40. The second kappa shape index (κ2) is 13.4. The molecule has 1 aromatic heterocycles. The zero-order valence-electron chi connectivity index (χ0n) is 20.1. The molecule has 0 amide bonds. The van der Waals surface area contributed by atoms with Crippen LogP contribution in [0.4, 0.5) is 0 Å². The van der Waals surface area contributed by atoms with E-state index in [1.54, 1.807) is 31.2 Å². The van der Waals surface area contributed by atoms with Gasteiger partial charge in [-0.2, -0.15) is 0 Å². The Kier molecular flexibility index (Phi) is 9.94. The smallest absolute Gasteiger partial charge is 0.323 e. The van der Waals surface area contributed by atoms with Gasteiger partial charge in [-0.3, -0.25) is 4.79 Å². The lowest BCUT2D eigenvalue weighted by Gasteiger charge is -2.16. The van der Waals surface area contributed by atoms with Crippen molar-refractivity contribution in [1.29, 1.82) is 0 Å². The number of aryl methyl sites for hydroxylation is 1. The molecule has 0 fully saturated rings. The van der Waals surface area contributed by atoms with E-state index in [2.05, 4.69) is 22.2 Å². The summed E-state index contributed by atoms with van der Waals surface area (Å²) >= 11 is 0. The van der Waals surface area contributed by atoms with Gasteiger partial charge in [0.25, 0.3) is 0 Å². The first-order valence-corrected chi connectivity index (χ1v) is 11.8. The van der Waals surface area contributed by atoms with Crippen LogP contribution in [0.5, 0.6) is 17.2 Å². The van der Waals surface area contributed by atoms with Crippen molar-refractivity contribution in [3.05, 3.63) is 76.0 Å². The number of imidazole rings is 1. The van der Waals surface area contributed by atoms with E-state index in [9.17, 15) is 14.7 Å². The van der Waals surface area contributed by atoms with E-state index in [0.29, 0.717) is 54.7 Å². The number of ketones is 1. The second-order valence-corrected chi connectivity index (χ2v) is 8.10. The molecule has 9 heteroatoms. The molecule has 3 aromatic rings. The topological polar surface area (TPSA) is 126 Å². The summed E-state index contributed by atoms with van der Waals surface area (Å²) in [4.78, 5) is 29.0. The number of aromatic nitrogens is 2. The molecule has 188 valence electrons. The number of ether oxygens (including phenoxy) is 3. The zero-order valence-corrected chi connectivity index (χ0v) is 20.1. The lowest BCUT2D eigenvalue weighted by atomic mass is 10.1. The van der Waals surface area contributed by atoms with Crippen LogP contribution in [0.2, 0.25) is 0 Å². The van der Waals surface area contributed by atoms with Crippen molar-refractivity contribution < 1.29 is 24.1 Å². The van der Waals surface area contributed by atoms with Crippen molar-refractivity contribution in [2.75, 3.05) is 32.9 Å². The molecule has 2 aromatic carbocycles. The molecule has 9 nitrogen and oxygen atoms in total. The average molecular weight is 484 g/mol. The molecule has 0 bridgehead atoms. The number of aliphatic hydroxyl groups excluding tert-OH is 1. The van der Waals surface area contributed by atoms with Crippen LogP contribution < -0.4 is 25.2 Å². The molecule has 1 atom stereocenters. The van der Waals surface area contributed by atoms with Gasteiger partial charge in [-0.05, 0) is 56.3 Å². The number of nitrogens with one attached hydrogen (secondary N) is 3. The first-order valence-electron chi connectivity index (χ1n) is 11.8. The van der Waals surface area contributed by atoms with Crippen LogP contribution in [0, 0.1) is 6.92 Å². The minimum atomic E-state index is -0.598. The van der Waals surface area contributed by atoms with Gasteiger partial charge >= 0.3 is 5.69 Å². The van der Waals surface area contributed by atoms with E-state index in [-0.39, 0.29) is 18.1 Å². The summed E-state index contributed by atoms with van der Waals surface area (Å²) in [5.74, 6) is 1.58. The first kappa shape index (κ1) is 26.1. The van der Waals surface area contributed by atoms with Gasteiger partial charge in [-0.15, -0.1) is 0 Å². The van der Waals surface area contributed by atoms with Gasteiger partial charge < -0.3 is 34.6 Å². The Morgan fingerprint density at radius 1 is 1.00 bits per heavy atom. The molecule has 3 rings (SSSR count). The summed E-state index contributed by atoms with van der Waals surface area (Å²) in [6.07, 6.45) is 1.05. The zero-order chi connectivity index (χ0) is 25.0. The highest BCUT2D eigenvalue weighted by Crippen LogP contribution is 2.26. The largest absolute Gasteiger partial charge is 0.493 e. The predicted octanol–water partition coefficient (Wildman–Crippen LogP) is 2.83. The molecule has 1 unspecified atom stereocenters. The number of carbonyl (C=O) groups excluding carboxylic acids is 1. The number of rotatable bonds is 15. The maximum Gasteiger partial charge on any atom is 0.323 e. The van der Waals surface area contributed by atoms with Crippen molar-refractivity contribution in [3.8, 4) is 17.2 Å². The summed E-state index contributed by atoms with van der Waals surface area (Å²) in [6, 6.07) is 14.1. The molecule has 4 N–H and O–H groups in total. The molecule has 0 aliphatic rings. The van der Waals surface area contributed by atoms with Crippen molar-refractivity contribution in [2.45, 2.75) is 32.8 Å². The third-order valence-corrected chi connectivity index (χ3v) is 5.16. The Bertz CT molecular complexity index is 1120. The van der Waals surface area contributed by atoms with E-state index in [4.69, 9.17) is 14.2 Å². The fraction of sp³-hybridized carbons (Fsp3) is 0.385. The molecular weight excluding hydrogens is 450 g/mol. The summed E-state index contributed by atoms with van der Waals surface area (Å²) < 4.78 is 17.3. The number of carbonyl (C=O) groups is 1. The van der Waals surface area contributed by atoms with Gasteiger partial charge in [0.15, 0.2) is 11.5 Å². The third-order valence-electron chi connectivity index (χ3n) is 5.16.